The number of aryl methyl sites for hydroxylation is 1. The summed E-state index contributed by atoms with van der Waals surface area (Å²) in [5.41, 5.74) is 1.41. The Morgan fingerprint density at radius 2 is 2.25 bits per heavy atom. The summed E-state index contributed by atoms with van der Waals surface area (Å²) in [7, 11) is 0. The van der Waals surface area contributed by atoms with Crippen molar-refractivity contribution in [3.05, 3.63) is 38.1 Å². The molecule has 102 valence electrons. The van der Waals surface area contributed by atoms with Crippen LogP contribution in [0.4, 0.5) is 5.82 Å². The van der Waals surface area contributed by atoms with Crippen molar-refractivity contribution in [1.82, 2.24) is 9.97 Å². The molecule has 3 aromatic rings. The maximum Gasteiger partial charge on any atom is 0.225 e. The number of rotatable bonds is 1. The van der Waals surface area contributed by atoms with Gasteiger partial charge in [0.2, 0.25) is 5.28 Å². The molecule has 0 radical (unpaired) electrons. The van der Waals surface area contributed by atoms with Gasteiger partial charge in [-0.25, -0.2) is 4.98 Å². The van der Waals surface area contributed by atoms with Gasteiger partial charge >= 0.3 is 0 Å². The van der Waals surface area contributed by atoms with Gasteiger partial charge in [0.25, 0.3) is 0 Å². The van der Waals surface area contributed by atoms with Gasteiger partial charge in [-0.3, -0.25) is 0 Å². The number of hydrogen-bond acceptors (Lipinski definition) is 5. The molecule has 0 saturated heterocycles. The highest BCUT2D eigenvalue weighted by Gasteiger charge is 2.21. The Kier molecular flexibility index (Phi) is 2.94. The van der Waals surface area contributed by atoms with Crippen molar-refractivity contribution in [2.45, 2.75) is 19.9 Å². The molecule has 0 unspecified atom stereocenters. The molecule has 0 fully saturated rings. The van der Waals surface area contributed by atoms with Gasteiger partial charge in [-0.1, -0.05) is 0 Å². The molecule has 3 aromatic heterocycles. The maximum absolute atomic E-state index is 6.09. The van der Waals surface area contributed by atoms with Crippen LogP contribution in [0.25, 0.3) is 10.2 Å². The average Bonchev–Trinajstić information content (AvgIpc) is 3.01. The van der Waals surface area contributed by atoms with Crippen LogP contribution in [0.15, 0.2) is 17.5 Å². The lowest BCUT2D eigenvalue weighted by Gasteiger charge is -2.28. The number of aromatic nitrogens is 2. The second-order valence-electron chi connectivity index (χ2n) is 4.93. The van der Waals surface area contributed by atoms with E-state index in [1.807, 2.05) is 11.3 Å². The van der Waals surface area contributed by atoms with Crippen LogP contribution in [0.1, 0.15) is 15.3 Å². The van der Waals surface area contributed by atoms with Crippen molar-refractivity contribution in [2.75, 3.05) is 11.4 Å². The Morgan fingerprint density at radius 3 is 3.15 bits per heavy atom. The fourth-order valence-electron chi connectivity index (χ4n) is 2.67. The first-order chi connectivity index (χ1) is 9.70. The number of anilines is 1. The molecule has 0 N–H and O–H groups in total. The van der Waals surface area contributed by atoms with Crippen molar-refractivity contribution in [3.63, 3.8) is 0 Å². The van der Waals surface area contributed by atoms with Gasteiger partial charge in [-0.15, -0.1) is 22.7 Å². The molecule has 3 nitrogen and oxygen atoms in total. The molecular formula is C14H12ClN3S2. The van der Waals surface area contributed by atoms with Crippen LogP contribution in [0.2, 0.25) is 5.28 Å². The first-order valence-electron chi connectivity index (χ1n) is 6.44. The lowest BCUT2D eigenvalue weighted by molar-refractivity contribution is 0.734. The van der Waals surface area contributed by atoms with Crippen molar-refractivity contribution in [2.24, 2.45) is 0 Å². The van der Waals surface area contributed by atoms with Crippen LogP contribution in [-0.2, 0) is 13.0 Å². The lowest BCUT2D eigenvalue weighted by atomic mass is 10.1. The minimum Gasteiger partial charge on any atom is -0.351 e. The summed E-state index contributed by atoms with van der Waals surface area (Å²) in [5, 5.41) is 3.63. The summed E-state index contributed by atoms with van der Waals surface area (Å²) >= 11 is 9.61. The third-order valence-electron chi connectivity index (χ3n) is 3.58. The average molecular weight is 322 g/mol. The molecule has 0 amide bonds. The molecule has 0 bridgehead atoms. The molecular weight excluding hydrogens is 310 g/mol. The van der Waals surface area contributed by atoms with Gasteiger partial charge in [0.1, 0.15) is 10.6 Å². The van der Waals surface area contributed by atoms with Crippen LogP contribution in [-0.4, -0.2) is 16.5 Å². The monoisotopic (exact) mass is 321 g/mol. The zero-order chi connectivity index (χ0) is 13.7. The SMILES string of the molecule is Cc1cc2c(N3CCc4sccc4C3)nc(Cl)nc2s1. The number of thiophene rings is 2. The van der Waals surface area contributed by atoms with Crippen LogP contribution in [0, 0.1) is 6.92 Å². The largest absolute Gasteiger partial charge is 0.351 e. The van der Waals surface area contributed by atoms with Gasteiger partial charge < -0.3 is 4.90 Å². The van der Waals surface area contributed by atoms with Crippen LogP contribution >= 0.6 is 34.3 Å². The van der Waals surface area contributed by atoms with E-state index in [0.29, 0.717) is 5.28 Å². The molecule has 0 saturated carbocycles. The molecule has 1 aliphatic heterocycles. The normalized spacial score (nSPS) is 14.8. The fourth-order valence-corrected chi connectivity index (χ4v) is 4.65. The smallest absolute Gasteiger partial charge is 0.225 e. The Labute approximate surface area is 129 Å². The van der Waals surface area contributed by atoms with E-state index >= 15 is 0 Å². The first-order valence-corrected chi connectivity index (χ1v) is 8.52. The molecule has 0 atom stereocenters. The van der Waals surface area contributed by atoms with Crippen molar-refractivity contribution in [3.8, 4) is 0 Å². The predicted molar refractivity (Wildman–Crippen MR) is 86.2 cm³/mol. The van der Waals surface area contributed by atoms with Gasteiger partial charge in [-0.05, 0) is 48.0 Å². The second kappa shape index (κ2) is 4.69. The van der Waals surface area contributed by atoms with Crippen molar-refractivity contribution >= 4 is 50.3 Å². The Bertz CT molecular complexity index is 793. The second-order valence-corrected chi connectivity index (χ2v) is 7.51. The van der Waals surface area contributed by atoms with E-state index in [9.17, 15) is 0 Å². The number of nitrogens with zero attached hydrogens (tertiary/aromatic N) is 3. The third-order valence-corrected chi connectivity index (χ3v) is 5.71. The highest BCUT2D eigenvalue weighted by Crippen LogP contribution is 2.34. The van der Waals surface area contributed by atoms with Gasteiger partial charge in [0, 0.05) is 22.8 Å². The van der Waals surface area contributed by atoms with E-state index in [1.165, 1.54) is 15.3 Å². The molecule has 6 heteroatoms. The maximum atomic E-state index is 6.09. The van der Waals surface area contributed by atoms with E-state index in [-0.39, 0.29) is 0 Å². The predicted octanol–water partition coefficient (Wildman–Crippen LogP) is 4.28. The number of fused-ring (bicyclic) bond motifs is 2. The number of halogens is 1. The lowest BCUT2D eigenvalue weighted by Crippen LogP contribution is -2.30. The molecule has 20 heavy (non-hydrogen) atoms. The zero-order valence-electron chi connectivity index (χ0n) is 10.9. The van der Waals surface area contributed by atoms with E-state index < -0.39 is 0 Å². The van der Waals surface area contributed by atoms with Gasteiger partial charge in [-0.2, -0.15) is 4.98 Å². The highest BCUT2D eigenvalue weighted by molar-refractivity contribution is 7.18. The standard InChI is InChI=1S/C14H12ClN3S2/c1-8-6-10-12(16-14(15)17-13(10)20-8)18-4-2-11-9(7-18)3-5-19-11/h3,5-6H,2,4,7H2,1H3. The summed E-state index contributed by atoms with van der Waals surface area (Å²) in [4.78, 5) is 14.9. The van der Waals surface area contributed by atoms with Crippen molar-refractivity contribution < 1.29 is 0 Å². The van der Waals surface area contributed by atoms with Crippen LogP contribution < -0.4 is 4.90 Å². The highest BCUT2D eigenvalue weighted by atomic mass is 35.5. The summed E-state index contributed by atoms with van der Waals surface area (Å²) in [6.45, 7) is 4.00. The Morgan fingerprint density at radius 1 is 1.35 bits per heavy atom. The third kappa shape index (κ3) is 2.01. The topological polar surface area (TPSA) is 29.0 Å². The van der Waals surface area contributed by atoms with E-state index in [1.54, 1.807) is 11.3 Å². The Balaban J connectivity index is 1.82. The fraction of sp³-hybridized carbons (Fsp3) is 0.286. The summed E-state index contributed by atoms with van der Waals surface area (Å²) in [6, 6.07) is 4.37. The van der Waals surface area contributed by atoms with E-state index in [0.717, 1.165) is 35.5 Å². The van der Waals surface area contributed by atoms with Crippen LogP contribution in [0.5, 0.6) is 0 Å². The molecule has 4 rings (SSSR count). The van der Waals surface area contributed by atoms with E-state index in [4.69, 9.17) is 11.6 Å². The van der Waals surface area contributed by atoms with E-state index in [2.05, 4.69) is 39.3 Å². The molecule has 0 aliphatic carbocycles. The minimum atomic E-state index is 0.338. The number of hydrogen-bond donors (Lipinski definition) is 0. The summed E-state index contributed by atoms with van der Waals surface area (Å²) in [6.07, 6.45) is 1.08. The van der Waals surface area contributed by atoms with Gasteiger partial charge in [0.05, 0.1) is 5.39 Å². The summed E-state index contributed by atoms with van der Waals surface area (Å²) in [5.74, 6) is 0.973. The molecule has 4 heterocycles. The van der Waals surface area contributed by atoms with Crippen LogP contribution in [0.3, 0.4) is 0 Å². The van der Waals surface area contributed by atoms with Crippen molar-refractivity contribution in [1.29, 1.82) is 0 Å². The minimum absolute atomic E-state index is 0.338. The first kappa shape index (κ1) is 12.6. The zero-order valence-corrected chi connectivity index (χ0v) is 13.3. The molecule has 0 aromatic carbocycles. The summed E-state index contributed by atoms with van der Waals surface area (Å²) < 4.78 is 0. The molecule has 1 aliphatic rings. The molecule has 0 spiro atoms. The Hall–Kier alpha value is -1.17. The quantitative estimate of drug-likeness (QED) is 0.626. The van der Waals surface area contributed by atoms with Gasteiger partial charge in [0.15, 0.2) is 0 Å².